The Labute approximate surface area is 81.7 Å². The lowest BCUT2D eigenvalue weighted by molar-refractivity contribution is -0.146. The molecule has 2 heteroatoms. The van der Waals surface area contributed by atoms with Crippen molar-refractivity contribution in [3.05, 3.63) is 0 Å². The molecule has 0 aromatic heterocycles. The van der Waals surface area contributed by atoms with Crippen LogP contribution < -0.4 is 0 Å². The van der Waals surface area contributed by atoms with Gasteiger partial charge in [-0.05, 0) is 18.3 Å². The van der Waals surface area contributed by atoms with Crippen LogP contribution in [0.15, 0.2) is 0 Å². The normalized spacial score (nSPS) is 11.4. The molecule has 0 aromatic rings. The Hall–Kier alpha value is -0.530. The highest BCUT2D eigenvalue weighted by atomic mass is 16.5. The second kappa shape index (κ2) is 6.01. The molecule has 0 aliphatic heterocycles. The van der Waals surface area contributed by atoms with E-state index in [1.54, 1.807) is 0 Å². The molecule has 13 heavy (non-hydrogen) atoms. The van der Waals surface area contributed by atoms with Gasteiger partial charge in [-0.3, -0.25) is 4.79 Å². The first-order valence-corrected chi connectivity index (χ1v) is 5.17. The van der Waals surface area contributed by atoms with Crippen LogP contribution in [0.4, 0.5) is 0 Å². The fourth-order valence-corrected chi connectivity index (χ4v) is 1.30. The van der Waals surface area contributed by atoms with Crippen molar-refractivity contribution < 1.29 is 9.53 Å². The lowest BCUT2D eigenvalue weighted by atomic mass is 9.89. The van der Waals surface area contributed by atoms with E-state index in [1.165, 1.54) is 0 Å². The van der Waals surface area contributed by atoms with Gasteiger partial charge in [0.2, 0.25) is 0 Å². The maximum absolute atomic E-state index is 11.1. The van der Waals surface area contributed by atoms with Gasteiger partial charge in [-0.15, -0.1) is 0 Å². The van der Waals surface area contributed by atoms with Crippen LogP contribution in [0.25, 0.3) is 0 Å². The summed E-state index contributed by atoms with van der Waals surface area (Å²) in [6, 6.07) is 0. The Kier molecular flexibility index (Phi) is 5.76. The molecule has 0 N–H and O–H groups in total. The number of rotatable bonds is 6. The van der Waals surface area contributed by atoms with Gasteiger partial charge in [0.25, 0.3) is 0 Å². The van der Waals surface area contributed by atoms with Gasteiger partial charge < -0.3 is 4.74 Å². The summed E-state index contributed by atoms with van der Waals surface area (Å²) in [5.41, 5.74) is 0.137. The number of carbonyl (C=O) groups is 1. The summed E-state index contributed by atoms with van der Waals surface area (Å²) >= 11 is 0. The van der Waals surface area contributed by atoms with Crippen molar-refractivity contribution >= 4 is 5.97 Å². The Bertz CT molecular complexity index is 150. The summed E-state index contributed by atoms with van der Waals surface area (Å²) < 4.78 is 5.16. The van der Waals surface area contributed by atoms with Crippen molar-refractivity contribution in [2.24, 2.45) is 5.41 Å². The summed E-state index contributed by atoms with van der Waals surface area (Å²) in [5.74, 6) is -0.0633. The monoisotopic (exact) mass is 186 g/mol. The van der Waals surface area contributed by atoms with Crippen molar-refractivity contribution in [3.8, 4) is 0 Å². The topological polar surface area (TPSA) is 26.3 Å². The average Bonchev–Trinajstić information content (AvgIpc) is 2.02. The van der Waals surface area contributed by atoms with Gasteiger partial charge >= 0.3 is 5.97 Å². The van der Waals surface area contributed by atoms with Crippen LogP contribution in [0.1, 0.15) is 53.4 Å². The van der Waals surface area contributed by atoms with Crippen LogP contribution in [-0.4, -0.2) is 12.6 Å². The molecule has 0 aliphatic carbocycles. The third-order valence-electron chi connectivity index (χ3n) is 2.00. The molecule has 0 unspecified atom stereocenters. The van der Waals surface area contributed by atoms with E-state index in [1.807, 2.05) is 6.92 Å². The Balaban J connectivity index is 3.67. The Morgan fingerprint density at radius 1 is 1.23 bits per heavy atom. The number of hydrogen-bond donors (Lipinski definition) is 0. The predicted molar refractivity (Wildman–Crippen MR) is 54.6 cm³/mol. The lowest BCUT2D eigenvalue weighted by Crippen LogP contribution is -2.21. The molecule has 78 valence electrons. The molecule has 0 bridgehead atoms. The minimum Gasteiger partial charge on any atom is -0.465 e. The molecule has 0 atom stereocenters. The van der Waals surface area contributed by atoms with E-state index < -0.39 is 0 Å². The highest BCUT2D eigenvalue weighted by Gasteiger charge is 2.18. The second-order valence-corrected chi connectivity index (χ2v) is 4.32. The zero-order chi connectivity index (χ0) is 10.3. The first-order valence-electron chi connectivity index (χ1n) is 5.17. The molecule has 0 saturated carbocycles. The molecule has 0 aromatic carbocycles. The summed E-state index contributed by atoms with van der Waals surface area (Å²) in [6.07, 6.45) is 3.65. The van der Waals surface area contributed by atoms with Crippen LogP contribution >= 0.6 is 0 Å². The van der Waals surface area contributed by atoms with Gasteiger partial charge in [0.1, 0.15) is 0 Å². The molecular weight excluding hydrogens is 164 g/mol. The van der Waals surface area contributed by atoms with E-state index in [0.29, 0.717) is 13.0 Å². The zero-order valence-electron chi connectivity index (χ0n) is 9.35. The molecule has 0 fully saturated rings. The molecule has 0 amide bonds. The number of carbonyl (C=O) groups excluding carboxylic acids is 1. The van der Waals surface area contributed by atoms with Gasteiger partial charge in [0.05, 0.1) is 6.61 Å². The minimum atomic E-state index is -0.0633. The van der Waals surface area contributed by atoms with Gasteiger partial charge in [0.15, 0.2) is 0 Å². The standard InChI is InChI=1S/C11H22O2/c1-5-7-10(12)13-9-11(3,4)8-6-2/h5-9H2,1-4H3. The molecule has 0 rings (SSSR count). The zero-order valence-corrected chi connectivity index (χ0v) is 9.35. The third-order valence-corrected chi connectivity index (χ3v) is 2.00. The predicted octanol–water partition coefficient (Wildman–Crippen LogP) is 3.16. The van der Waals surface area contributed by atoms with E-state index in [9.17, 15) is 4.79 Å². The highest BCUT2D eigenvalue weighted by Crippen LogP contribution is 2.22. The largest absolute Gasteiger partial charge is 0.465 e. The average molecular weight is 186 g/mol. The highest BCUT2D eigenvalue weighted by molar-refractivity contribution is 5.69. The molecule has 0 saturated heterocycles. The van der Waals surface area contributed by atoms with Gasteiger partial charge in [-0.2, -0.15) is 0 Å². The van der Waals surface area contributed by atoms with Crippen molar-refractivity contribution in [2.45, 2.75) is 53.4 Å². The molecule has 0 radical (unpaired) electrons. The summed E-state index contributed by atoms with van der Waals surface area (Å²) in [5, 5.41) is 0. The van der Waals surface area contributed by atoms with E-state index in [4.69, 9.17) is 4.74 Å². The van der Waals surface area contributed by atoms with Crippen molar-refractivity contribution in [3.63, 3.8) is 0 Å². The summed E-state index contributed by atoms with van der Waals surface area (Å²) in [6.45, 7) is 8.96. The Morgan fingerprint density at radius 2 is 1.85 bits per heavy atom. The van der Waals surface area contributed by atoms with Gasteiger partial charge in [0, 0.05) is 6.42 Å². The van der Waals surface area contributed by atoms with Crippen LogP contribution in [0.5, 0.6) is 0 Å². The third kappa shape index (κ3) is 6.62. The number of hydrogen-bond acceptors (Lipinski definition) is 2. The van der Waals surface area contributed by atoms with Gasteiger partial charge in [-0.1, -0.05) is 34.1 Å². The first kappa shape index (κ1) is 12.5. The Morgan fingerprint density at radius 3 is 2.31 bits per heavy atom. The number of ether oxygens (including phenoxy) is 1. The maximum atomic E-state index is 11.1. The van der Waals surface area contributed by atoms with E-state index in [0.717, 1.165) is 19.3 Å². The fraction of sp³-hybridized carbons (Fsp3) is 0.909. The van der Waals surface area contributed by atoms with Crippen molar-refractivity contribution in [1.82, 2.24) is 0 Å². The molecule has 2 nitrogen and oxygen atoms in total. The van der Waals surface area contributed by atoms with Crippen LogP contribution in [0.2, 0.25) is 0 Å². The minimum absolute atomic E-state index is 0.0633. The molecule has 0 spiro atoms. The maximum Gasteiger partial charge on any atom is 0.305 e. The van der Waals surface area contributed by atoms with Crippen LogP contribution in [-0.2, 0) is 9.53 Å². The molecular formula is C11H22O2. The van der Waals surface area contributed by atoms with E-state index >= 15 is 0 Å². The van der Waals surface area contributed by atoms with Gasteiger partial charge in [-0.25, -0.2) is 0 Å². The van der Waals surface area contributed by atoms with E-state index in [2.05, 4.69) is 20.8 Å². The molecule has 0 heterocycles. The SMILES string of the molecule is CCCC(=O)OCC(C)(C)CCC. The smallest absolute Gasteiger partial charge is 0.305 e. The van der Waals surface area contributed by atoms with Crippen LogP contribution in [0, 0.1) is 5.41 Å². The summed E-state index contributed by atoms with van der Waals surface area (Å²) in [4.78, 5) is 11.1. The fourth-order valence-electron chi connectivity index (χ4n) is 1.30. The second-order valence-electron chi connectivity index (χ2n) is 4.32. The lowest BCUT2D eigenvalue weighted by Gasteiger charge is -2.23. The quantitative estimate of drug-likeness (QED) is 0.596. The van der Waals surface area contributed by atoms with E-state index in [-0.39, 0.29) is 11.4 Å². The molecule has 0 aliphatic rings. The van der Waals surface area contributed by atoms with Crippen LogP contribution in [0.3, 0.4) is 0 Å². The van der Waals surface area contributed by atoms with Crippen molar-refractivity contribution in [1.29, 1.82) is 0 Å². The number of esters is 1. The summed E-state index contributed by atoms with van der Waals surface area (Å²) in [7, 11) is 0. The first-order chi connectivity index (χ1) is 6.02. The van der Waals surface area contributed by atoms with Crippen molar-refractivity contribution in [2.75, 3.05) is 6.61 Å².